The monoisotopic (exact) mass is 288 g/mol. The van der Waals surface area contributed by atoms with Crippen LogP contribution in [0.1, 0.15) is 44.9 Å². The number of hydrogen-bond donors (Lipinski definition) is 1. The molecule has 1 aromatic carbocycles. The van der Waals surface area contributed by atoms with Gasteiger partial charge in [0, 0.05) is 12.6 Å². The van der Waals surface area contributed by atoms with Gasteiger partial charge in [-0.1, -0.05) is 39.3 Å². The lowest BCUT2D eigenvalue weighted by Crippen LogP contribution is -2.21. The van der Waals surface area contributed by atoms with Crippen molar-refractivity contribution in [1.29, 1.82) is 0 Å². The largest absolute Gasteiger partial charge is 0.417 e. The second-order valence-corrected chi connectivity index (χ2v) is 5.49. The Morgan fingerprint density at radius 1 is 1.24 bits per heavy atom. The molecule has 0 unspecified atom stereocenters. The Labute approximate surface area is 126 Å². The Morgan fingerprint density at radius 3 is 2.67 bits per heavy atom. The third-order valence-corrected chi connectivity index (χ3v) is 3.17. The fraction of sp³-hybridized carbons (Fsp3) is 0.471. The topological polar surface area (TPSA) is 47.3 Å². The van der Waals surface area contributed by atoms with E-state index in [2.05, 4.69) is 43.2 Å². The first kappa shape index (κ1) is 15.6. The van der Waals surface area contributed by atoms with Gasteiger partial charge in [0.25, 0.3) is 0 Å². The van der Waals surface area contributed by atoms with Crippen molar-refractivity contribution in [1.82, 2.24) is 10.3 Å². The van der Waals surface area contributed by atoms with Crippen LogP contribution in [0.4, 0.5) is 0 Å². The van der Waals surface area contributed by atoms with Gasteiger partial charge in [-0.3, -0.25) is 0 Å². The number of nitrogens with one attached hydrogen (secondary N) is 1. The summed E-state index contributed by atoms with van der Waals surface area (Å²) in [5, 5.41) is 3.29. The molecule has 1 aromatic heterocycles. The predicted octanol–water partition coefficient (Wildman–Crippen LogP) is 4.31. The van der Waals surface area contributed by atoms with Crippen molar-refractivity contribution in [3.8, 4) is 11.8 Å². The summed E-state index contributed by atoms with van der Waals surface area (Å²) in [7, 11) is 0. The first-order valence-electron chi connectivity index (χ1n) is 7.62. The highest BCUT2D eigenvalue weighted by atomic mass is 16.6. The van der Waals surface area contributed by atoms with E-state index in [0.717, 1.165) is 17.9 Å². The molecule has 0 aliphatic heterocycles. The van der Waals surface area contributed by atoms with Crippen molar-refractivity contribution in [2.24, 2.45) is 0 Å². The van der Waals surface area contributed by atoms with E-state index in [-0.39, 0.29) is 6.08 Å². The Hall–Kier alpha value is -1.81. The van der Waals surface area contributed by atoms with E-state index < -0.39 is 0 Å². The molecular formula is C17H24N2O2. The number of hydrogen-bond acceptors (Lipinski definition) is 4. The van der Waals surface area contributed by atoms with Crippen molar-refractivity contribution >= 4 is 0 Å². The molecule has 0 aliphatic rings. The number of aromatic nitrogens is 1. The second-order valence-electron chi connectivity index (χ2n) is 5.49. The van der Waals surface area contributed by atoms with Crippen LogP contribution < -0.4 is 10.1 Å². The molecule has 0 bridgehead atoms. The maximum absolute atomic E-state index is 5.62. The lowest BCUT2D eigenvalue weighted by Gasteiger charge is -2.04. The highest BCUT2D eigenvalue weighted by Crippen LogP contribution is 2.21. The minimum Gasteiger partial charge on any atom is -0.417 e. The molecule has 2 rings (SSSR count). The van der Waals surface area contributed by atoms with Crippen molar-refractivity contribution in [3.05, 3.63) is 41.8 Å². The van der Waals surface area contributed by atoms with Gasteiger partial charge >= 0.3 is 6.08 Å². The van der Waals surface area contributed by atoms with E-state index in [1.54, 1.807) is 6.26 Å². The molecule has 4 heteroatoms. The molecule has 0 aliphatic carbocycles. The third-order valence-electron chi connectivity index (χ3n) is 3.17. The van der Waals surface area contributed by atoms with Gasteiger partial charge in [-0.2, -0.15) is 4.98 Å². The van der Waals surface area contributed by atoms with Crippen LogP contribution in [0.2, 0.25) is 0 Å². The fourth-order valence-corrected chi connectivity index (χ4v) is 1.93. The second kappa shape index (κ2) is 7.84. The van der Waals surface area contributed by atoms with Crippen molar-refractivity contribution < 1.29 is 9.15 Å². The van der Waals surface area contributed by atoms with Gasteiger partial charge in [-0.15, -0.1) is 0 Å². The molecule has 0 spiro atoms. The predicted molar refractivity (Wildman–Crippen MR) is 83.6 cm³/mol. The summed E-state index contributed by atoms with van der Waals surface area (Å²) in [6, 6.07) is 8.52. The van der Waals surface area contributed by atoms with Gasteiger partial charge in [0.2, 0.25) is 0 Å². The molecule has 0 saturated heterocycles. The summed E-state index contributed by atoms with van der Waals surface area (Å²) >= 11 is 0. The molecule has 4 nitrogen and oxygen atoms in total. The van der Waals surface area contributed by atoms with Gasteiger partial charge in [0.1, 0.15) is 12.0 Å². The van der Waals surface area contributed by atoms with Crippen LogP contribution in [-0.2, 0) is 13.0 Å². The molecule has 21 heavy (non-hydrogen) atoms. The maximum Gasteiger partial charge on any atom is 0.399 e. The molecule has 0 saturated carbocycles. The van der Waals surface area contributed by atoms with Crippen molar-refractivity contribution in [3.63, 3.8) is 0 Å². The van der Waals surface area contributed by atoms with Crippen molar-refractivity contribution in [2.45, 2.75) is 52.6 Å². The molecule has 1 N–H and O–H groups in total. The Kier molecular flexibility index (Phi) is 5.81. The lowest BCUT2D eigenvalue weighted by atomic mass is 10.1. The SMILES string of the molecule is CCCCc1ccc(Oc2nc(CNC(C)C)co2)cc1. The zero-order valence-corrected chi connectivity index (χ0v) is 13.1. The van der Waals surface area contributed by atoms with Crippen LogP contribution in [0.25, 0.3) is 0 Å². The molecule has 1 heterocycles. The minimum absolute atomic E-state index is 0.289. The van der Waals surface area contributed by atoms with Gasteiger partial charge in [-0.25, -0.2) is 0 Å². The molecule has 0 fully saturated rings. The first-order valence-corrected chi connectivity index (χ1v) is 7.62. The zero-order valence-electron chi connectivity index (χ0n) is 13.1. The summed E-state index contributed by atoms with van der Waals surface area (Å²) in [5.41, 5.74) is 2.18. The highest BCUT2D eigenvalue weighted by Gasteiger charge is 2.07. The van der Waals surface area contributed by atoms with Crippen LogP contribution in [0.5, 0.6) is 11.8 Å². The highest BCUT2D eigenvalue weighted by molar-refractivity contribution is 5.29. The Morgan fingerprint density at radius 2 is 2.00 bits per heavy atom. The number of nitrogens with zero attached hydrogens (tertiary/aromatic N) is 1. The molecule has 0 atom stereocenters. The Balaban J connectivity index is 1.89. The van der Waals surface area contributed by atoms with Gasteiger partial charge in [-0.05, 0) is 30.5 Å². The molecular weight excluding hydrogens is 264 g/mol. The standard InChI is InChI=1S/C17H24N2O2/c1-4-5-6-14-7-9-16(10-8-14)21-17-19-15(12-20-17)11-18-13(2)3/h7-10,12-13,18H,4-6,11H2,1-3H3. The number of benzene rings is 1. The lowest BCUT2D eigenvalue weighted by molar-refractivity contribution is 0.330. The van der Waals surface area contributed by atoms with Gasteiger partial charge in [0.15, 0.2) is 0 Å². The average molecular weight is 288 g/mol. The van der Waals surface area contributed by atoms with Gasteiger partial charge < -0.3 is 14.5 Å². The summed E-state index contributed by atoms with van der Waals surface area (Å²) < 4.78 is 10.9. The average Bonchev–Trinajstić information content (AvgIpc) is 2.92. The van der Waals surface area contributed by atoms with Crippen LogP contribution in [0, 0.1) is 0 Å². The number of unbranched alkanes of at least 4 members (excludes halogenated alkanes) is 1. The molecule has 2 aromatic rings. The third kappa shape index (κ3) is 5.23. The van der Waals surface area contributed by atoms with Crippen molar-refractivity contribution in [2.75, 3.05) is 0 Å². The van der Waals surface area contributed by atoms with Crippen LogP contribution in [-0.4, -0.2) is 11.0 Å². The summed E-state index contributed by atoms with van der Waals surface area (Å²) in [5.74, 6) is 0.750. The van der Waals surface area contributed by atoms with Gasteiger partial charge in [0.05, 0.1) is 5.69 Å². The maximum atomic E-state index is 5.62. The summed E-state index contributed by atoms with van der Waals surface area (Å²) in [4.78, 5) is 4.30. The van der Waals surface area contributed by atoms with Crippen LogP contribution in [0.15, 0.2) is 34.9 Å². The summed E-state index contributed by atoms with van der Waals surface area (Å²) in [6.45, 7) is 7.07. The number of ether oxygens (including phenoxy) is 1. The number of rotatable bonds is 8. The number of aryl methyl sites for hydroxylation is 1. The normalized spacial score (nSPS) is 11.0. The van der Waals surface area contributed by atoms with E-state index in [1.807, 2.05) is 12.1 Å². The Bertz CT molecular complexity index is 532. The number of oxazole rings is 1. The molecule has 0 radical (unpaired) electrons. The van der Waals surface area contributed by atoms with E-state index in [4.69, 9.17) is 9.15 Å². The van der Waals surface area contributed by atoms with Crippen LogP contribution >= 0.6 is 0 Å². The smallest absolute Gasteiger partial charge is 0.399 e. The summed E-state index contributed by atoms with van der Waals surface area (Å²) in [6.07, 6.45) is 5.45. The first-order chi connectivity index (χ1) is 10.2. The quantitative estimate of drug-likeness (QED) is 0.786. The van der Waals surface area contributed by atoms with E-state index >= 15 is 0 Å². The van der Waals surface area contributed by atoms with E-state index in [1.165, 1.54) is 18.4 Å². The van der Waals surface area contributed by atoms with E-state index in [9.17, 15) is 0 Å². The zero-order chi connectivity index (χ0) is 15.1. The van der Waals surface area contributed by atoms with Crippen LogP contribution in [0.3, 0.4) is 0 Å². The van der Waals surface area contributed by atoms with E-state index in [0.29, 0.717) is 12.6 Å². The molecule has 0 amide bonds. The fourth-order valence-electron chi connectivity index (χ4n) is 1.93. The molecule has 114 valence electrons. The minimum atomic E-state index is 0.289.